The molecule has 0 aromatic rings. The van der Waals surface area contributed by atoms with E-state index >= 15 is 0 Å². The fourth-order valence-corrected chi connectivity index (χ4v) is 5.48. The lowest BCUT2D eigenvalue weighted by atomic mass is 10.1. The number of unbranched alkanes of at least 4 members (excludes halogenated alkanes) is 18. The fraction of sp³-hybridized carbons (Fsp3) is 0.914. The molecule has 8 nitrogen and oxygen atoms in total. The predicted octanol–water partition coefficient (Wildman–Crippen LogP) is 8.91. The van der Waals surface area contributed by atoms with E-state index < -0.39 is 19.9 Å². The number of likely N-dealkylation sites (N-methyl/N-ethyl adjacent to an activating group) is 1. The number of esters is 1. The Labute approximate surface area is 271 Å². The number of nitrogens with zero attached hydrogens (tertiary/aromatic N) is 1. The van der Waals surface area contributed by atoms with Crippen LogP contribution in [0.4, 0.5) is 0 Å². The molecule has 0 saturated carbocycles. The molecule has 262 valence electrons. The minimum atomic E-state index is -4.48. The zero-order valence-electron chi connectivity index (χ0n) is 29.4. The van der Waals surface area contributed by atoms with Crippen LogP contribution in [0.25, 0.3) is 0 Å². The van der Waals surface area contributed by atoms with E-state index in [9.17, 15) is 14.3 Å². The molecule has 0 aromatic carbocycles. The number of phosphoric ester groups is 1. The lowest BCUT2D eigenvalue weighted by molar-refractivity contribution is -0.870. The van der Waals surface area contributed by atoms with Crippen molar-refractivity contribution in [2.24, 2.45) is 0 Å². The molecule has 2 unspecified atom stereocenters. The monoisotopic (exact) mass is 647 g/mol. The number of carbonyl (C=O) groups is 1. The van der Waals surface area contributed by atoms with Crippen molar-refractivity contribution in [2.45, 2.75) is 155 Å². The van der Waals surface area contributed by atoms with Crippen LogP contribution in [0.2, 0.25) is 0 Å². The minimum absolute atomic E-state index is 0.0253. The van der Waals surface area contributed by atoms with E-state index in [1.54, 1.807) is 6.92 Å². The third kappa shape index (κ3) is 32.6. The van der Waals surface area contributed by atoms with Crippen LogP contribution in [0.15, 0.2) is 12.2 Å². The van der Waals surface area contributed by atoms with Crippen LogP contribution in [0, 0.1) is 0 Å². The largest absolute Gasteiger partial charge is 0.756 e. The second-order valence-electron chi connectivity index (χ2n) is 13.2. The van der Waals surface area contributed by atoms with Crippen molar-refractivity contribution >= 4 is 13.8 Å². The highest BCUT2D eigenvalue weighted by atomic mass is 31.2. The standard InChI is InChI=1S/C35H70NO7P/c1-6-8-9-10-11-12-13-14-15-16-17-18-19-20-21-22-23-24-25-26-27-28-30-40-32-34(43-35(37)7-2)33-42-44(38,39)41-31-29-36(3,4)5/h16-17,34H,6-15,18-33H2,1-5H3/b17-16-. The average Bonchev–Trinajstić information content (AvgIpc) is 2.97. The van der Waals surface area contributed by atoms with E-state index in [1.165, 1.54) is 116 Å². The number of hydrogen-bond acceptors (Lipinski definition) is 7. The molecule has 2 atom stereocenters. The highest BCUT2D eigenvalue weighted by Crippen LogP contribution is 2.38. The van der Waals surface area contributed by atoms with Crippen molar-refractivity contribution in [3.8, 4) is 0 Å². The fourth-order valence-electron chi connectivity index (χ4n) is 4.75. The summed E-state index contributed by atoms with van der Waals surface area (Å²) in [6.07, 6.45) is 30.3. The maximum Gasteiger partial charge on any atom is 0.305 e. The van der Waals surface area contributed by atoms with Gasteiger partial charge in [0.05, 0.1) is 34.4 Å². The summed E-state index contributed by atoms with van der Waals surface area (Å²) in [7, 11) is 1.35. The summed E-state index contributed by atoms with van der Waals surface area (Å²) >= 11 is 0. The zero-order valence-corrected chi connectivity index (χ0v) is 30.3. The molecule has 0 aliphatic rings. The summed E-state index contributed by atoms with van der Waals surface area (Å²) in [6, 6.07) is 0. The molecule has 0 N–H and O–H groups in total. The average molecular weight is 648 g/mol. The molecule has 0 aliphatic carbocycles. The van der Waals surface area contributed by atoms with E-state index in [0.29, 0.717) is 17.6 Å². The van der Waals surface area contributed by atoms with Gasteiger partial charge < -0.3 is 27.9 Å². The van der Waals surface area contributed by atoms with Gasteiger partial charge in [-0.3, -0.25) is 9.36 Å². The van der Waals surface area contributed by atoms with Crippen LogP contribution in [-0.4, -0.2) is 70.7 Å². The summed E-state index contributed by atoms with van der Waals surface area (Å²) in [6.45, 7) is 4.84. The van der Waals surface area contributed by atoms with E-state index in [0.717, 1.165) is 12.8 Å². The maximum atomic E-state index is 12.1. The molecule has 0 rings (SSSR count). The van der Waals surface area contributed by atoms with Crippen LogP contribution < -0.4 is 4.89 Å². The van der Waals surface area contributed by atoms with Crippen molar-refractivity contribution in [3.05, 3.63) is 12.2 Å². The molecule has 0 aromatic heterocycles. The number of ether oxygens (including phenoxy) is 2. The molecule has 0 radical (unpaired) electrons. The Morgan fingerprint density at radius 2 is 1.16 bits per heavy atom. The van der Waals surface area contributed by atoms with Crippen molar-refractivity contribution in [2.75, 3.05) is 54.1 Å². The van der Waals surface area contributed by atoms with Crippen molar-refractivity contribution in [1.82, 2.24) is 0 Å². The van der Waals surface area contributed by atoms with Gasteiger partial charge in [0.2, 0.25) is 0 Å². The van der Waals surface area contributed by atoms with Crippen LogP contribution in [0.5, 0.6) is 0 Å². The van der Waals surface area contributed by atoms with Crippen molar-refractivity contribution in [1.29, 1.82) is 0 Å². The number of carbonyl (C=O) groups excluding carboxylic acids is 1. The van der Waals surface area contributed by atoms with Crippen LogP contribution in [0.3, 0.4) is 0 Å². The summed E-state index contributed by atoms with van der Waals surface area (Å²) in [5.41, 5.74) is 0. The Bertz CT molecular complexity index is 726. The highest BCUT2D eigenvalue weighted by Gasteiger charge is 2.19. The van der Waals surface area contributed by atoms with Gasteiger partial charge >= 0.3 is 5.97 Å². The topological polar surface area (TPSA) is 94.1 Å². The maximum absolute atomic E-state index is 12.1. The van der Waals surface area contributed by atoms with E-state index in [4.69, 9.17) is 18.5 Å². The number of quaternary nitrogens is 1. The normalized spacial score (nSPS) is 14.2. The summed E-state index contributed by atoms with van der Waals surface area (Å²) in [5, 5.41) is 0. The Morgan fingerprint density at radius 3 is 1.64 bits per heavy atom. The lowest BCUT2D eigenvalue weighted by Crippen LogP contribution is -2.37. The van der Waals surface area contributed by atoms with E-state index in [-0.39, 0.29) is 26.2 Å². The minimum Gasteiger partial charge on any atom is -0.756 e. The SMILES string of the molecule is CCCCCCCCCC/C=C\CCCCCCCCCCCCOCC(COP(=O)([O-])OCC[N+](C)(C)C)OC(=O)CC. The van der Waals surface area contributed by atoms with Gasteiger partial charge in [-0.2, -0.15) is 0 Å². The first-order chi connectivity index (χ1) is 21.1. The van der Waals surface area contributed by atoms with Crippen LogP contribution in [0.1, 0.15) is 149 Å². The predicted molar refractivity (Wildman–Crippen MR) is 181 cm³/mol. The second-order valence-corrected chi connectivity index (χ2v) is 14.6. The Morgan fingerprint density at radius 1 is 0.682 bits per heavy atom. The molecular formula is C35H70NO7P. The lowest BCUT2D eigenvalue weighted by Gasteiger charge is -2.28. The van der Waals surface area contributed by atoms with Gasteiger partial charge in [-0.05, 0) is 32.1 Å². The van der Waals surface area contributed by atoms with Gasteiger partial charge in [0, 0.05) is 13.0 Å². The Hall–Kier alpha value is -0.760. The Balaban J connectivity index is 3.69. The third-order valence-corrected chi connectivity index (χ3v) is 8.59. The van der Waals surface area contributed by atoms with Crippen molar-refractivity contribution < 1.29 is 37.3 Å². The van der Waals surface area contributed by atoms with Gasteiger partial charge in [0.1, 0.15) is 19.3 Å². The number of allylic oxidation sites excluding steroid dienone is 2. The van der Waals surface area contributed by atoms with Gasteiger partial charge in [-0.15, -0.1) is 0 Å². The first-order valence-electron chi connectivity index (χ1n) is 17.9. The zero-order chi connectivity index (χ0) is 32.8. The number of rotatable bonds is 33. The number of hydrogen-bond donors (Lipinski definition) is 0. The van der Waals surface area contributed by atoms with Gasteiger partial charge in [0.25, 0.3) is 7.82 Å². The molecule has 0 saturated heterocycles. The molecule has 0 bridgehead atoms. The molecule has 0 heterocycles. The molecule has 0 fully saturated rings. The first kappa shape index (κ1) is 43.2. The highest BCUT2D eigenvalue weighted by molar-refractivity contribution is 7.45. The quantitative estimate of drug-likeness (QED) is 0.0231. The molecule has 44 heavy (non-hydrogen) atoms. The van der Waals surface area contributed by atoms with Crippen LogP contribution >= 0.6 is 7.82 Å². The smallest absolute Gasteiger partial charge is 0.305 e. The Kier molecular flexibility index (Phi) is 29.1. The molecule has 0 spiro atoms. The number of phosphoric acid groups is 1. The summed E-state index contributed by atoms with van der Waals surface area (Å²) in [5.74, 6) is -0.421. The van der Waals surface area contributed by atoms with Gasteiger partial charge in [0.15, 0.2) is 0 Å². The van der Waals surface area contributed by atoms with Crippen molar-refractivity contribution in [3.63, 3.8) is 0 Å². The molecular weight excluding hydrogens is 577 g/mol. The van der Waals surface area contributed by atoms with Crippen LogP contribution in [-0.2, 0) is 27.9 Å². The molecule has 0 amide bonds. The summed E-state index contributed by atoms with van der Waals surface area (Å²) < 4.78 is 33.5. The molecule has 9 heteroatoms. The van der Waals surface area contributed by atoms with Gasteiger partial charge in [-0.25, -0.2) is 0 Å². The van der Waals surface area contributed by atoms with E-state index in [2.05, 4.69) is 19.1 Å². The van der Waals surface area contributed by atoms with Gasteiger partial charge in [-0.1, -0.05) is 122 Å². The molecule has 0 aliphatic heterocycles. The van der Waals surface area contributed by atoms with E-state index in [1.807, 2.05) is 21.1 Å². The summed E-state index contributed by atoms with van der Waals surface area (Å²) in [4.78, 5) is 23.8. The third-order valence-electron chi connectivity index (χ3n) is 7.62. The second kappa shape index (κ2) is 29.6. The first-order valence-corrected chi connectivity index (χ1v) is 19.4.